The number of carbonyl (C=O) groups excluding carboxylic acids is 2. The van der Waals surface area contributed by atoms with Crippen LogP contribution in [0, 0.1) is 0 Å². The molecule has 112 valence electrons. The Morgan fingerprint density at radius 3 is 1.75 bits per heavy atom. The van der Waals surface area contributed by atoms with Gasteiger partial charge in [-0.15, -0.1) is 0 Å². The maximum Gasteiger partial charge on any atom is 0.359 e. The summed E-state index contributed by atoms with van der Waals surface area (Å²) in [5.41, 5.74) is 0. The van der Waals surface area contributed by atoms with E-state index in [2.05, 4.69) is 13.2 Å². The maximum atomic E-state index is 10.9. The average molecular weight is 286 g/mol. The molecule has 0 aliphatic heterocycles. The van der Waals surface area contributed by atoms with Gasteiger partial charge in [0.15, 0.2) is 6.54 Å². The van der Waals surface area contributed by atoms with Crippen LogP contribution in [0.4, 0.5) is 0 Å². The number of nitrogens with zero attached hydrogens (tertiary/aromatic N) is 1. The molecule has 0 saturated heterocycles. The Balaban J connectivity index is 4.37. The van der Waals surface area contributed by atoms with E-state index in [1.54, 1.807) is 7.05 Å². The van der Waals surface area contributed by atoms with Gasteiger partial charge in [-0.1, -0.05) is 13.2 Å². The Morgan fingerprint density at radius 2 is 1.45 bits per heavy atom. The van der Waals surface area contributed by atoms with Gasteiger partial charge in [0.2, 0.25) is 0 Å². The molecule has 0 fully saturated rings. The van der Waals surface area contributed by atoms with Gasteiger partial charge in [-0.2, -0.15) is 0 Å². The molecule has 0 heterocycles. The van der Waals surface area contributed by atoms with Gasteiger partial charge < -0.3 is 19.1 Å². The van der Waals surface area contributed by atoms with E-state index < -0.39 is 17.9 Å². The topological polar surface area (TPSA) is 89.9 Å². The van der Waals surface area contributed by atoms with Gasteiger partial charge in [0.05, 0.1) is 7.05 Å². The van der Waals surface area contributed by atoms with Gasteiger partial charge in [-0.25, -0.2) is 14.4 Å². The van der Waals surface area contributed by atoms with Crippen molar-refractivity contribution in [3.8, 4) is 0 Å². The van der Waals surface area contributed by atoms with E-state index in [-0.39, 0.29) is 37.3 Å². The summed E-state index contributed by atoms with van der Waals surface area (Å²) < 4.78 is 9.73. The Hall–Kier alpha value is -2.15. The van der Waals surface area contributed by atoms with Crippen molar-refractivity contribution in [2.24, 2.45) is 0 Å². The maximum absolute atomic E-state index is 10.9. The zero-order chi connectivity index (χ0) is 15.6. The van der Waals surface area contributed by atoms with Gasteiger partial charge in [-0.3, -0.25) is 0 Å². The summed E-state index contributed by atoms with van der Waals surface area (Å²) >= 11 is 0. The minimum Gasteiger partial charge on any atom is -0.477 e. The third-order valence-corrected chi connectivity index (χ3v) is 2.60. The largest absolute Gasteiger partial charge is 0.477 e. The fraction of sp³-hybridized carbons (Fsp3) is 0.462. The highest BCUT2D eigenvalue weighted by molar-refractivity contribution is 5.81. The number of carboxylic acid groups (broad SMARTS) is 1. The van der Waals surface area contributed by atoms with Crippen LogP contribution in [0.5, 0.6) is 0 Å². The van der Waals surface area contributed by atoms with Gasteiger partial charge in [0.1, 0.15) is 26.3 Å². The molecule has 0 unspecified atom stereocenters. The summed E-state index contributed by atoms with van der Waals surface area (Å²) in [6.45, 7) is 7.05. The van der Waals surface area contributed by atoms with Crippen molar-refractivity contribution in [1.29, 1.82) is 0 Å². The van der Waals surface area contributed by atoms with E-state index >= 15 is 0 Å². The lowest BCUT2D eigenvalue weighted by Gasteiger charge is -2.32. The fourth-order valence-electron chi connectivity index (χ4n) is 1.45. The van der Waals surface area contributed by atoms with E-state index in [0.29, 0.717) is 0 Å². The van der Waals surface area contributed by atoms with Crippen LogP contribution in [-0.2, 0) is 23.9 Å². The van der Waals surface area contributed by atoms with Crippen molar-refractivity contribution in [2.75, 3.05) is 39.9 Å². The molecule has 0 amide bonds. The molecule has 0 saturated carbocycles. The number of carboxylic acids is 1. The average Bonchev–Trinajstić information content (AvgIpc) is 2.37. The molecule has 0 aromatic heterocycles. The van der Waals surface area contributed by atoms with Gasteiger partial charge in [0.25, 0.3) is 0 Å². The molecule has 0 aromatic rings. The fourth-order valence-corrected chi connectivity index (χ4v) is 1.45. The third kappa shape index (κ3) is 8.04. The van der Waals surface area contributed by atoms with Crippen molar-refractivity contribution in [3.63, 3.8) is 0 Å². The highest BCUT2D eigenvalue weighted by Gasteiger charge is 2.25. The van der Waals surface area contributed by atoms with Crippen LogP contribution < -0.4 is 0 Å². The Kier molecular flexibility index (Phi) is 7.91. The number of hydrogen-bond donors (Lipinski definition) is 1. The number of carbonyl (C=O) groups is 3. The van der Waals surface area contributed by atoms with Crippen LogP contribution in [0.25, 0.3) is 0 Å². The Morgan fingerprint density at radius 1 is 1.05 bits per heavy atom. The van der Waals surface area contributed by atoms with Gasteiger partial charge in [0, 0.05) is 12.2 Å². The van der Waals surface area contributed by atoms with Gasteiger partial charge in [-0.05, 0) is 0 Å². The highest BCUT2D eigenvalue weighted by atomic mass is 16.5. The molecule has 7 heteroatoms. The summed E-state index contributed by atoms with van der Waals surface area (Å²) in [4.78, 5) is 32.7. The first kappa shape index (κ1) is 17.8. The molecular formula is C13H20NO6+. The summed E-state index contributed by atoms with van der Waals surface area (Å²) in [6, 6.07) is 0. The summed E-state index contributed by atoms with van der Waals surface area (Å²) in [5.74, 6) is -2.12. The lowest BCUT2D eigenvalue weighted by molar-refractivity contribution is -0.902. The second-order valence-electron chi connectivity index (χ2n) is 4.36. The normalized spacial score (nSPS) is 10.4. The van der Waals surface area contributed by atoms with E-state index in [0.717, 1.165) is 12.2 Å². The number of likely N-dealkylation sites (N-methyl/N-ethyl adjacent to an activating group) is 1. The first-order chi connectivity index (χ1) is 9.33. The van der Waals surface area contributed by atoms with E-state index in [1.165, 1.54) is 0 Å². The molecule has 7 nitrogen and oxygen atoms in total. The minimum absolute atomic E-state index is 0.0596. The van der Waals surface area contributed by atoms with Crippen LogP contribution in [-0.4, -0.2) is 67.4 Å². The van der Waals surface area contributed by atoms with Crippen LogP contribution in [0.15, 0.2) is 25.3 Å². The molecule has 0 spiro atoms. The van der Waals surface area contributed by atoms with Crippen molar-refractivity contribution in [3.05, 3.63) is 25.3 Å². The molecule has 20 heavy (non-hydrogen) atoms. The van der Waals surface area contributed by atoms with Gasteiger partial charge >= 0.3 is 17.9 Å². The predicted octanol–water partition coefficient (Wildman–Crippen LogP) is -0.0240. The number of quaternary nitrogens is 1. The molecule has 0 atom stereocenters. The molecule has 0 radical (unpaired) electrons. The summed E-state index contributed by atoms with van der Waals surface area (Å²) in [7, 11) is 1.68. The summed E-state index contributed by atoms with van der Waals surface area (Å²) in [5, 5.41) is 8.90. The monoisotopic (exact) mass is 286 g/mol. The number of ether oxygens (including phenoxy) is 2. The standard InChI is InChI=1S/C13H19NO6/c1-4-12(17)19-8-6-14(3,10-11(15)16)7-9-20-13(18)5-2/h4-5H,1-2,6-10H2,3H3/p+1. The lowest BCUT2D eigenvalue weighted by atomic mass is 10.3. The van der Waals surface area contributed by atoms with Crippen molar-refractivity contribution in [2.45, 2.75) is 0 Å². The van der Waals surface area contributed by atoms with Crippen molar-refractivity contribution in [1.82, 2.24) is 0 Å². The Labute approximate surface area is 117 Å². The zero-order valence-corrected chi connectivity index (χ0v) is 11.5. The lowest BCUT2D eigenvalue weighted by Crippen LogP contribution is -2.51. The van der Waals surface area contributed by atoms with Crippen LogP contribution in [0.1, 0.15) is 0 Å². The molecule has 0 aliphatic carbocycles. The molecule has 0 aromatic carbocycles. The van der Waals surface area contributed by atoms with E-state index in [4.69, 9.17) is 14.6 Å². The van der Waals surface area contributed by atoms with Crippen LogP contribution >= 0.6 is 0 Å². The molecule has 0 aliphatic rings. The molecule has 1 N–H and O–H groups in total. The number of aliphatic carboxylic acids is 1. The smallest absolute Gasteiger partial charge is 0.359 e. The number of hydrogen-bond acceptors (Lipinski definition) is 5. The first-order valence-electron chi connectivity index (χ1n) is 5.96. The van der Waals surface area contributed by atoms with Crippen LogP contribution in [0.2, 0.25) is 0 Å². The van der Waals surface area contributed by atoms with Crippen LogP contribution in [0.3, 0.4) is 0 Å². The number of rotatable bonds is 10. The highest BCUT2D eigenvalue weighted by Crippen LogP contribution is 2.03. The van der Waals surface area contributed by atoms with Crippen molar-refractivity contribution < 1.29 is 33.4 Å². The second kappa shape index (κ2) is 8.87. The SMILES string of the molecule is C=CC(=O)OCC[N+](C)(CCOC(=O)C=C)CC(=O)O. The predicted molar refractivity (Wildman–Crippen MR) is 70.7 cm³/mol. The minimum atomic E-state index is -0.988. The third-order valence-electron chi connectivity index (χ3n) is 2.60. The van der Waals surface area contributed by atoms with E-state index in [1.807, 2.05) is 0 Å². The molecule has 0 bridgehead atoms. The van der Waals surface area contributed by atoms with Crippen molar-refractivity contribution >= 4 is 17.9 Å². The van der Waals surface area contributed by atoms with E-state index in [9.17, 15) is 14.4 Å². The molecule has 0 rings (SSSR count). The second-order valence-corrected chi connectivity index (χ2v) is 4.36. The molecular weight excluding hydrogens is 266 g/mol. The zero-order valence-electron chi connectivity index (χ0n) is 11.5. The summed E-state index contributed by atoms with van der Waals surface area (Å²) in [6.07, 6.45) is 2.07. The number of esters is 2. The quantitative estimate of drug-likeness (QED) is 0.345. The Bertz CT molecular complexity index is 364. The first-order valence-corrected chi connectivity index (χ1v) is 5.96.